The van der Waals surface area contributed by atoms with E-state index in [2.05, 4.69) is 11.4 Å². The molecule has 118 valence electrons. The number of benzene rings is 1. The Morgan fingerprint density at radius 1 is 1.27 bits per heavy atom. The molecule has 3 nitrogen and oxygen atoms in total. The van der Waals surface area contributed by atoms with Crippen LogP contribution in [0, 0.1) is 23.7 Å². The normalized spacial score (nSPS) is 39.0. The maximum atomic E-state index is 12.5. The Hall–Kier alpha value is -1.06. The molecule has 0 aliphatic heterocycles. The van der Waals surface area contributed by atoms with Crippen molar-refractivity contribution in [2.24, 2.45) is 23.7 Å². The number of hydrogen-bond donors (Lipinski definition) is 2. The molecular weight excluding hydrogens is 298 g/mol. The van der Waals surface area contributed by atoms with Crippen LogP contribution in [0.5, 0.6) is 0 Å². The summed E-state index contributed by atoms with van der Waals surface area (Å²) in [5.41, 5.74) is 1.17. The molecule has 6 unspecified atom stereocenters. The van der Waals surface area contributed by atoms with Crippen LogP contribution in [0.15, 0.2) is 24.3 Å². The van der Waals surface area contributed by atoms with Crippen molar-refractivity contribution in [1.29, 1.82) is 0 Å². The fourth-order valence-corrected chi connectivity index (χ4v) is 4.96. The predicted octanol–water partition coefficient (Wildman–Crippen LogP) is 2.97. The van der Waals surface area contributed by atoms with Crippen molar-refractivity contribution < 1.29 is 9.90 Å². The SMILES string of the molecule is O=C(NC1C2CCC(C2)C1CO)C1CC1c1cccc(Cl)c1. The molecule has 1 aromatic carbocycles. The lowest BCUT2D eigenvalue weighted by Gasteiger charge is -2.30. The largest absolute Gasteiger partial charge is 0.396 e. The van der Waals surface area contributed by atoms with Crippen molar-refractivity contribution in [3.8, 4) is 0 Å². The van der Waals surface area contributed by atoms with Gasteiger partial charge in [-0.1, -0.05) is 23.7 Å². The van der Waals surface area contributed by atoms with Gasteiger partial charge in [0.1, 0.15) is 0 Å². The third kappa shape index (κ3) is 2.44. The predicted molar refractivity (Wildman–Crippen MR) is 85.6 cm³/mol. The number of hydrogen-bond acceptors (Lipinski definition) is 2. The highest BCUT2D eigenvalue weighted by Crippen LogP contribution is 2.51. The van der Waals surface area contributed by atoms with Crippen molar-refractivity contribution in [2.45, 2.75) is 37.6 Å². The maximum absolute atomic E-state index is 12.5. The molecule has 1 amide bonds. The zero-order chi connectivity index (χ0) is 15.3. The highest BCUT2D eigenvalue weighted by molar-refractivity contribution is 6.30. The van der Waals surface area contributed by atoms with Gasteiger partial charge in [0.25, 0.3) is 0 Å². The van der Waals surface area contributed by atoms with Crippen LogP contribution in [0.4, 0.5) is 0 Å². The topological polar surface area (TPSA) is 49.3 Å². The molecule has 3 fully saturated rings. The van der Waals surface area contributed by atoms with Gasteiger partial charge in [-0.2, -0.15) is 0 Å². The molecule has 3 saturated carbocycles. The van der Waals surface area contributed by atoms with Crippen LogP contribution in [0.2, 0.25) is 5.02 Å². The summed E-state index contributed by atoms with van der Waals surface area (Å²) >= 11 is 6.03. The summed E-state index contributed by atoms with van der Waals surface area (Å²) in [6, 6.07) is 8.02. The van der Waals surface area contributed by atoms with Crippen molar-refractivity contribution in [2.75, 3.05) is 6.61 Å². The summed E-state index contributed by atoms with van der Waals surface area (Å²) in [6.07, 6.45) is 4.51. The summed E-state index contributed by atoms with van der Waals surface area (Å²) in [4.78, 5) is 12.5. The van der Waals surface area contributed by atoms with Crippen molar-refractivity contribution in [1.82, 2.24) is 5.32 Å². The van der Waals surface area contributed by atoms with Gasteiger partial charge in [-0.15, -0.1) is 0 Å². The average Bonchev–Trinajstić information content (AvgIpc) is 3.08. The number of carbonyl (C=O) groups excluding carboxylic acids is 1. The summed E-state index contributed by atoms with van der Waals surface area (Å²) in [6.45, 7) is 0.203. The summed E-state index contributed by atoms with van der Waals surface area (Å²) in [5, 5.41) is 13.6. The average molecular weight is 320 g/mol. The van der Waals surface area contributed by atoms with Gasteiger partial charge >= 0.3 is 0 Å². The lowest BCUT2D eigenvalue weighted by molar-refractivity contribution is -0.124. The van der Waals surface area contributed by atoms with Gasteiger partial charge in [-0.3, -0.25) is 4.79 Å². The number of aliphatic hydroxyl groups is 1. The molecule has 3 aliphatic carbocycles. The summed E-state index contributed by atoms with van der Waals surface area (Å²) in [5.74, 6) is 2.02. The fourth-order valence-electron chi connectivity index (χ4n) is 4.76. The fraction of sp³-hybridized carbons (Fsp3) is 0.611. The van der Waals surface area contributed by atoms with Gasteiger partial charge in [0, 0.05) is 29.5 Å². The second-order valence-corrected chi connectivity index (χ2v) is 7.65. The molecule has 0 spiro atoms. The highest BCUT2D eigenvalue weighted by Gasteiger charge is 2.50. The second kappa shape index (κ2) is 5.54. The van der Waals surface area contributed by atoms with Crippen molar-refractivity contribution >= 4 is 17.5 Å². The molecule has 0 aromatic heterocycles. The van der Waals surface area contributed by atoms with E-state index in [4.69, 9.17) is 11.6 Å². The number of amides is 1. The number of rotatable bonds is 4. The van der Waals surface area contributed by atoms with Gasteiger partial charge in [-0.25, -0.2) is 0 Å². The Kier molecular flexibility index (Phi) is 3.66. The molecule has 0 heterocycles. The van der Waals surface area contributed by atoms with E-state index < -0.39 is 0 Å². The first-order valence-corrected chi connectivity index (χ1v) is 8.72. The van der Waals surface area contributed by atoms with Crippen molar-refractivity contribution in [3.63, 3.8) is 0 Å². The quantitative estimate of drug-likeness (QED) is 0.896. The third-order valence-corrected chi connectivity index (χ3v) is 6.25. The molecule has 2 bridgehead atoms. The lowest BCUT2D eigenvalue weighted by atomic mass is 9.85. The minimum Gasteiger partial charge on any atom is -0.396 e. The summed E-state index contributed by atoms with van der Waals surface area (Å²) < 4.78 is 0. The van der Waals surface area contributed by atoms with Crippen LogP contribution < -0.4 is 5.32 Å². The van der Waals surface area contributed by atoms with Crippen molar-refractivity contribution in [3.05, 3.63) is 34.9 Å². The maximum Gasteiger partial charge on any atom is 0.223 e. The lowest BCUT2D eigenvalue weighted by Crippen LogP contribution is -2.45. The van der Waals surface area contributed by atoms with Gasteiger partial charge in [0.2, 0.25) is 5.91 Å². The molecule has 4 heteroatoms. The minimum absolute atomic E-state index is 0.0805. The second-order valence-electron chi connectivity index (χ2n) is 7.22. The number of aliphatic hydroxyl groups excluding tert-OH is 1. The molecule has 0 radical (unpaired) electrons. The Morgan fingerprint density at radius 2 is 2.09 bits per heavy atom. The van der Waals surface area contributed by atoms with Crippen LogP contribution in [0.1, 0.15) is 37.2 Å². The monoisotopic (exact) mass is 319 g/mol. The third-order valence-electron chi connectivity index (χ3n) is 6.01. The van der Waals surface area contributed by atoms with E-state index in [1.807, 2.05) is 18.2 Å². The van der Waals surface area contributed by atoms with E-state index in [0.717, 1.165) is 11.4 Å². The molecule has 6 atom stereocenters. The van der Waals surface area contributed by atoms with Crippen LogP contribution in [0.3, 0.4) is 0 Å². The van der Waals surface area contributed by atoms with Gasteiger partial charge < -0.3 is 10.4 Å². The minimum atomic E-state index is 0.0805. The molecule has 1 aromatic rings. The first-order valence-electron chi connectivity index (χ1n) is 8.34. The van der Waals surface area contributed by atoms with Gasteiger partial charge in [0.15, 0.2) is 0 Å². The standard InChI is InChI=1S/C18H22ClNO2/c19-13-3-1-2-10(7-13)14-8-15(14)18(22)20-17-12-5-4-11(6-12)16(17)9-21/h1-3,7,11-12,14-17,21H,4-6,8-9H2,(H,20,22). The highest BCUT2D eigenvalue weighted by atomic mass is 35.5. The first kappa shape index (κ1) is 14.5. The molecular formula is C18H22ClNO2. The molecule has 0 saturated heterocycles. The van der Waals surface area contributed by atoms with E-state index in [-0.39, 0.29) is 30.4 Å². The van der Waals surface area contributed by atoms with Gasteiger partial charge in [0.05, 0.1) is 0 Å². The van der Waals surface area contributed by atoms with Crippen LogP contribution in [0.25, 0.3) is 0 Å². The molecule has 2 N–H and O–H groups in total. The van der Waals surface area contributed by atoms with Gasteiger partial charge in [-0.05, 0) is 61.1 Å². The van der Waals surface area contributed by atoms with E-state index in [1.54, 1.807) is 0 Å². The van der Waals surface area contributed by atoms with E-state index in [1.165, 1.54) is 24.8 Å². The molecule has 4 rings (SSSR count). The van der Waals surface area contributed by atoms with Crippen LogP contribution in [-0.4, -0.2) is 23.7 Å². The summed E-state index contributed by atoms with van der Waals surface area (Å²) in [7, 11) is 0. The Balaban J connectivity index is 1.40. The van der Waals surface area contributed by atoms with E-state index in [9.17, 15) is 9.90 Å². The van der Waals surface area contributed by atoms with E-state index >= 15 is 0 Å². The Labute approximate surface area is 136 Å². The molecule has 22 heavy (non-hydrogen) atoms. The zero-order valence-electron chi connectivity index (χ0n) is 12.5. The number of halogens is 1. The van der Waals surface area contributed by atoms with E-state index in [0.29, 0.717) is 17.8 Å². The number of fused-ring (bicyclic) bond motifs is 2. The number of nitrogens with one attached hydrogen (secondary N) is 1. The zero-order valence-corrected chi connectivity index (χ0v) is 13.3. The Bertz CT molecular complexity index is 590. The first-order chi connectivity index (χ1) is 10.7. The number of carbonyl (C=O) groups is 1. The van der Waals surface area contributed by atoms with Crippen LogP contribution >= 0.6 is 11.6 Å². The molecule has 3 aliphatic rings. The smallest absolute Gasteiger partial charge is 0.223 e. The Morgan fingerprint density at radius 3 is 2.86 bits per heavy atom. The van der Waals surface area contributed by atoms with Crippen LogP contribution in [-0.2, 0) is 4.79 Å².